The maximum Gasteiger partial charge on any atom is 0.119 e. The van der Waals surface area contributed by atoms with Crippen molar-refractivity contribution in [2.75, 3.05) is 7.11 Å². The van der Waals surface area contributed by atoms with E-state index in [2.05, 4.69) is 0 Å². The molecule has 3 heteroatoms. The van der Waals surface area contributed by atoms with Crippen LogP contribution in [-0.4, -0.2) is 18.3 Å². The van der Waals surface area contributed by atoms with E-state index < -0.39 is 0 Å². The van der Waals surface area contributed by atoms with Crippen molar-refractivity contribution in [3.8, 4) is 5.75 Å². The lowest BCUT2D eigenvalue weighted by molar-refractivity contribution is 0.195. The fraction of sp³-hybridized carbons (Fsp3) is 0.455. The summed E-state index contributed by atoms with van der Waals surface area (Å²) in [5.74, 6) is 0.780. The van der Waals surface area contributed by atoms with Crippen LogP contribution in [-0.2, 0) is 6.42 Å². The van der Waals surface area contributed by atoms with Crippen LogP contribution >= 0.6 is 11.6 Å². The van der Waals surface area contributed by atoms with E-state index >= 15 is 0 Å². The minimum Gasteiger partial charge on any atom is -0.497 e. The topological polar surface area (TPSA) is 29.5 Å². The quantitative estimate of drug-likeness (QED) is 0.838. The minimum atomic E-state index is -0.390. The van der Waals surface area contributed by atoms with Crippen molar-refractivity contribution >= 4 is 11.6 Å². The Labute approximate surface area is 89.5 Å². The van der Waals surface area contributed by atoms with Crippen LogP contribution < -0.4 is 4.74 Å². The van der Waals surface area contributed by atoms with Crippen molar-refractivity contribution in [1.82, 2.24) is 0 Å². The minimum absolute atomic E-state index is 0.390. The summed E-state index contributed by atoms with van der Waals surface area (Å²) in [7, 11) is 1.62. The van der Waals surface area contributed by atoms with Crippen LogP contribution in [0, 0.1) is 6.92 Å². The maximum absolute atomic E-state index is 9.29. The Balaban J connectivity index is 3.07. The first-order valence-corrected chi connectivity index (χ1v) is 4.93. The highest BCUT2D eigenvalue weighted by Gasteiger charge is 2.08. The van der Waals surface area contributed by atoms with Gasteiger partial charge in [0.15, 0.2) is 0 Å². The fourth-order valence-corrected chi connectivity index (χ4v) is 1.58. The van der Waals surface area contributed by atoms with E-state index in [1.807, 2.05) is 19.1 Å². The van der Waals surface area contributed by atoms with Gasteiger partial charge in [-0.3, -0.25) is 0 Å². The molecule has 0 spiro atoms. The highest BCUT2D eigenvalue weighted by molar-refractivity contribution is 6.32. The highest BCUT2D eigenvalue weighted by atomic mass is 35.5. The molecule has 0 saturated carbocycles. The molecule has 0 heterocycles. The first-order valence-electron chi connectivity index (χ1n) is 4.55. The smallest absolute Gasteiger partial charge is 0.119 e. The first kappa shape index (κ1) is 11.3. The zero-order chi connectivity index (χ0) is 10.7. The Kier molecular flexibility index (Phi) is 3.78. The van der Waals surface area contributed by atoms with Gasteiger partial charge in [-0.1, -0.05) is 11.6 Å². The maximum atomic E-state index is 9.29. The molecule has 0 amide bonds. The van der Waals surface area contributed by atoms with E-state index in [9.17, 15) is 5.11 Å². The molecule has 0 fully saturated rings. The number of rotatable bonds is 3. The van der Waals surface area contributed by atoms with Gasteiger partial charge in [0, 0.05) is 5.02 Å². The third-order valence-electron chi connectivity index (χ3n) is 2.05. The van der Waals surface area contributed by atoms with Gasteiger partial charge >= 0.3 is 0 Å². The molecule has 0 radical (unpaired) electrons. The number of halogens is 1. The van der Waals surface area contributed by atoms with Crippen LogP contribution in [0.15, 0.2) is 12.1 Å². The van der Waals surface area contributed by atoms with E-state index in [0.29, 0.717) is 11.4 Å². The van der Waals surface area contributed by atoms with Crippen molar-refractivity contribution in [1.29, 1.82) is 0 Å². The Morgan fingerprint density at radius 3 is 2.64 bits per heavy atom. The summed E-state index contributed by atoms with van der Waals surface area (Å²) in [5, 5.41) is 10.00. The number of aryl methyl sites for hydroxylation is 1. The molecule has 1 unspecified atom stereocenters. The van der Waals surface area contributed by atoms with Crippen LogP contribution in [0.25, 0.3) is 0 Å². The van der Waals surface area contributed by atoms with Crippen molar-refractivity contribution < 1.29 is 9.84 Å². The summed E-state index contributed by atoms with van der Waals surface area (Å²) in [6.45, 7) is 3.67. The molecule has 0 bridgehead atoms. The van der Waals surface area contributed by atoms with Gasteiger partial charge in [-0.05, 0) is 43.5 Å². The van der Waals surface area contributed by atoms with Gasteiger partial charge in [-0.15, -0.1) is 0 Å². The van der Waals surface area contributed by atoms with Gasteiger partial charge in [-0.25, -0.2) is 0 Å². The monoisotopic (exact) mass is 214 g/mol. The number of methoxy groups -OCH3 is 1. The van der Waals surface area contributed by atoms with Gasteiger partial charge in [0.1, 0.15) is 5.75 Å². The Morgan fingerprint density at radius 2 is 2.14 bits per heavy atom. The summed E-state index contributed by atoms with van der Waals surface area (Å²) in [6, 6.07) is 3.75. The molecular weight excluding hydrogens is 200 g/mol. The van der Waals surface area contributed by atoms with Gasteiger partial charge in [0.05, 0.1) is 13.2 Å². The Morgan fingerprint density at radius 1 is 1.50 bits per heavy atom. The van der Waals surface area contributed by atoms with Crippen molar-refractivity contribution in [2.24, 2.45) is 0 Å². The molecule has 0 aromatic heterocycles. The number of benzene rings is 1. The van der Waals surface area contributed by atoms with E-state index in [1.54, 1.807) is 14.0 Å². The van der Waals surface area contributed by atoms with Crippen molar-refractivity contribution in [3.05, 3.63) is 28.3 Å². The summed E-state index contributed by atoms with van der Waals surface area (Å²) >= 11 is 6.10. The molecule has 2 nitrogen and oxygen atoms in total. The number of hydrogen-bond donors (Lipinski definition) is 1. The largest absolute Gasteiger partial charge is 0.497 e. The standard InChI is InChI=1S/C11H15ClO2/c1-7-4-10(14-3)6-9(11(7)12)5-8(2)13/h4,6,8,13H,5H2,1-3H3. The molecule has 0 saturated heterocycles. The molecule has 0 aliphatic carbocycles. The number of aliphatic hydroxyl groups is 1. The van der Waals surface area contributed by atoms with Gasteiger partial charge in [0.2, 0.25) is 0 Å². The molecule has 1 N–H and O–H groups in total. The van der Waals surface area contributed by atoms with Crippen LogP contribution in [0.2, 0.25) is 5.02 Å². The van der Waals surface area contributed by atoms with Crippen LogP contribution in [0.4, 0.5) is 0 Å². The Hall–Kier alpha value is -0.730. The fourth-order valence-electron chi connectivity index (χ4n) is 1.39. The number of aliphatic hydroxyl groups excluding tert-OH is 1. The molecule has 0 aliphatic rings. The molecule has 14 heavy (non-hydrogen) atoms. The lowest BCUT2D eigenvalue weighted by Gasteiger charge is -2.11. The molecular formula is C11H15ClO2. The van der Waals surface area contributed by atoms with Crippen LogP contribution in [0.1, 0.15) is 18.1 Å². The van der Waals surface area contributed by atoms with Crippen molar-refractivity contribution in [2.45, 2.75) is 26.4 Å². The van der Waals surface area contributed by atoms with E-state index in [1.165, 1.54) is 0 Å². The second-order valence-corrected chi connectivity index (χ2v) is 3.85. The second-order valence-electron chi connectivity index (χ2n) is 3.47. The average molecular weight is 215 g/mol. The number of ether oxygens (including phenoxy) is 1. The van der Waals surface area contributed by atoms with Crippen LogP contribution in [0.5, 0.6) is 5.75 Å². The molecule has 78 valence electrons. The van der Waals surface area contributed by atoms with Crippen LogP contribution in [0.3, 0.4) is 0 Å². The molecule has 1 aromatic rings. The average Bonchev–Trinajstić information content (AvgIpc) is 2.11. The lowest BCUT2D eigenvalue weighted by atomic mass is 10.1. The Bertz CT molecular complexity index is 321. The third kappa shape index (κ3) is 2.63. The van der Waals surface area contributed by atoms with E-state index in [0.717, 1.165) is 16.9 Å². The zero-order valence-corrected chi connectivity index (χ0v) is 9.43. The van der Waals surface area contributed by atoms with Gasteiger partial charge in [-0.2, -0.15) is 0 Å². The van der Waals surface area contributed by atoms with E-state index in [4.69, 9.17) is 16.3 Å². The highest BCUT2D eigenvalue weighted by Crippen LogP contribution is 2.27. The summed E-state index contributed by atoms with van der Waals surface area (Å²) < 4.78 is 5.13. The summed E-state index contributed by atoms with van der Waals surface area (Å²) in [5.41, 5.74) is 1.90. The van der Waals surface area contributed by atoms with Gasteiger partial charge < -0.3 is 9.84 Å². The first-order chi connectivity index (χ1) is 6.54. The number of hydrogen-bond acceptors (Lipinski definition) is 2. The van der Waals surface area contributed by atoms with E-state index in [-0.39, 0.29) is 6.10 Å². The summed E-state index contributed by atoms with van der Waals surface area (Å²) in [6.07, 6.45) is 0.163. The second kappa shape index (κ2) is 4.67. The van der Waals surface area contributed by atoms with Gasteiger partial charge in [0.25, 0.3) is 0 Å². The lowest BCUT2D eigenvalue weighted by Crippen LogP contribution is -2.05. The molecule has 1 aromatic carbocycles. The predicted octanol–water partition coefficient (Wildman–Crippen LogP) is 2.58. The SMILES string of the molecule is COc1cc(C)c(Cl)c(CC(C)O)c1. The zero-order valence-electron chi connectivity index (χ0n) is 8.67. The molecule has 0 aliphatic heterocycles. The molecule has 1 rings (SSSR count). The predicted molar refractivity (Wildman–Crippen MR) is 58.1 cm³/mol. The normalized spacial score (nSPS) is 12.6. The third-order valence-corrected chi connectivity index (χ3v) is 2.60. The summed E-state index contributed by atoms with van der Waals surface area (Å²) in [4.78, 5) is 0. The van der Waals surface area contributed by atoms with Crippen molar-refractivity contribution in [3.63, 3.8) is 0 Å². The molecule has 1 atom stereocenters.